The zero-order chi connectivity index (χ0) is 12.7. The second kappa shape index (κ2) is 7.09. The third kappa shape index (κ3) is 4.51. The van der Waals surface area contributed by atoms with Crippen LogP contribution in [-0.2, 0) is 9.53 Å². The number of hydrogen-bond donors (Lipinski definition) is 0. The molecule has 0 aromatic rings. The molecule has 5 nitrogen and oxygen atoms in total. The standard InChI is InChI=1S/C11H22N2O3/c1-6-12(5)11(15)13(9(3)4)8-10(14)16-7-2/h9H,6-8H2,1-5H3. The van der Waals surface area contributed by atoms with Crippen molar-refractivity contribution in [1.82, 2.24) is 9.80 Å². The van der Waals surface area contributed by atoms with Crippen LogP contribution in [0.5, 0.6) is 0 Å². The molecule has 94 valence electrons. The highest BCUT2D eigenvalue weighted by Crippen LogP contribution is 2.03. The minimum absolute atomic E-state index is 0.00861. The van der Waals surface area contributed by atoms with Gasteiger partial charge in [0.15, 0.2) is 0 Å². The third-order valence-electron chi connectivity index (χ3n) is 2.27. The molecule has 0 radical (unpaired) electrons. The number of amides is 2. The maximum atomic E-state index is 11.9. The van der Waals surface area contributed by atoms with Gasteiger partial charge in [0, 0.05) is 19.6 Å². The molecule has 0 saturated carbocycles. The van der Waals surface area contributed by atoms with Crippen LogP contribution in [0.15, 0.2) is 0 Å². The Morgan fingerprint density at radius 3 is 2.19 bits per heavy atom. The molecule has 0 aliphatic rings. The van der Waals surface area contributed by atoms with E-state index in [2.05, 4.69) is 0 Å². The van der Waals surface area contributed by atoms with Crippen LogP contribution in [0, 0.1) is 0 Å². The van der Waals surface area contributed by atoms with Gasteiger partial charge >= 0.3 is 12.0 Å². The number of urea groups is 1. The predicted molar refractivity (Wildman–Crippen MR) is 62.2 cm³/mol. The number of ether oxygens (including phenoxy) is 1. The van der Waals surface area contributed by atoms with Gasteiger partial charge in [-0.3, -0.25) is 4.79 Å². The van der Waals surface area contributed by atoms with Gasteiger partial charge in [0.25, 0.3) is 0 Å². The Kier molecular flexibility index (Phi) is 6.53. The zero-order valence-electron chi connectivity index (χ0n) is 10.8. The second-order valence-corrected chi connectivity index (χ2v) is 3.82. The highest BCUT2D eigenvalue weighted by molar-refractivity contribution is 5.81. The molecular weight excluding hydrogens is 208 g/mol. The molecule has 0 N–H and O–H groups in total. The molecule has 0 heterocycles. The van der Waals surface area contributed by atoms with E-state index >= 15 is 0 Å². The molecule has 0 aliphatic carbocycles. The van der Waals surface area contributed by atoms with E-state index in [1.807, 2.05) is 20.8 Å². The van der Waals surface area contributed by atoms with Crippen molar-refractivity contribution in [2.45, 2.75) is 33.7 Å². The Balaban J connectivity index is 4.50. The molecule has 0 fully saturated rings. The highest BCUT2D eigenvalue weighted by atomic mass is 16.5. The first-order valence-electron chi connectivity index (χ1n) is 5.61. The number of hydrogen-bond acceptors (Lipinski definition) is 3. The SMILES string of the molecule is CCOC(=O)CN(C(=O)N(C)CC)C(C)C. The Morgan fingerprint density at radius 1 is 1.25 bits per heavy atom. The molecule has 0 unspecified atom stereocenters. The summed E-state index contributed by atoms with van der Waals surface area (Å²) in [5, 5.41) is 0. The van der Waals surface area contributed by atoms with Gasteiger partial charge in [-0.05, 0) is 27.7 Å². The van der Waals surface area contributed by atoms with Crippen molar-refractivity contribution in [1.29, 1.82) is 0 Å². The molecule has 0 bridgehead atoms. The molecule has 0 atom stereocenters. The number of nitrogens with zero attached hydrogens (tertiary/aromatic N) is 2. The van der Waals surface area contributed by atoms with Crippen molar-refractivity contribution in [3.05, 3.63) is 0 Å². The van der Waals surface area contributed by atoms with Crippen molar-refractivity contribution < 1.29 is 14.3 Å². The van der Waals surface area contributed by atoms with Gasteiger partial charge in [0.2, 0.25) is 0 Å². The molecule has 0 aromatic carbocycles. The van der Waals surface area contributed by atoms with Gasteiger partial charge in [0.05, 0.1) is 6.61 Å². The van der Waals surface area contributed by atoms with Crippen LogP contribution >= 0.6 is 0 Å². The molecule has 0 aromatic heterocycles. The summed E-state index contributed by atoms with van der Waals surface area (Å²) < 4.78 is 4.83. The Bertz CT molecular complexity index is 241. The maximum absolute atomic E-state index is 11.9. The Labute approximate surface area is 97.3 Å². The average Bonchev–Trinajstić information content (AvgIpc) is 2.23. The number of carbonyl (C=O) groups excluding carboxylic acids is 2. The summed E-state index contributed by atoms with van der Waals surface area (Å²) >= 11 is 0. The van der Waals surface area contributed by atoms with Crippen molar-refractivity contribution in [3.8, 4) is 0 Å². The van der Waals surface area contributed by atoms with Crippen LogP contribution in [0.3, 0.4) is 0 Å². The van der Waals surface area contributed by atoms with Gasteiger partial charge < -0.3 is 14.5 Å². The molecule has 0 saturated heterocycles. The second-order valence-electron chi connectivity index (χ2n) is 3.82. The van der Waals surface area contributed by atoms with E-state index in [1.54, 1.807) is 18.9 Å². The van der Waals surface area contributed by atoms with Crippen molar-refractivity contribution in [3.63, 3.8) is 0 Å². The van der Waals surface area contributed by atoms with Crippen LogP contribution < -0.4 is 0 Å². The topological polar surface area (TPSA) is 49.9 Å². The molecule has 16 heavy (non-hydrogen) atoms. The van der Waals surface area contributed by atoms with Gasteiger partial charge in [-0.1, -0.05) is 0 Å². The highest BCUT2D eigenvalue weighted by Gasteiger charge is 2.22. The smallest absolute Gasteiger partial charge is 0.325 e. The fraction of sp³-hybridized carbons (Fsp3) is 0.818. The largest absolute Gasteiger partial charge is 0.465 e. The minimum Gasteiger partial charge on any atom is -0.465 e. The van der Waals surface area contributed by atoms with E-state index in [9.17, 15) is 9.59 Å². The van der Waals surface area contributed by atoms with E-state index in [0.29, 0.717) is 13.2 Å². The van der Waals surface area contributed by atoms with E-state index < -0.39 is 0 Å². The van der Waals surface area contributed by atoms with Crippen LogP contribution in [0.4, 0.5) is 4.79 Å². The normalized spacial score (nSPS) is 10.1. The van der Waals surface area contributed by atoms with E-state index in [0.717, 1.165) is 0 Å². The van der Waals surface area contributed by atoms with Crippen molar-refractivity contribution in [2.75, 3.05) is 26.7 Å². The fourth-order valence-corrected chi connectivity index (χ4v) is 1.17. The number of carbonyl (C=O) groups is 2. The van der Waals surface area contributed by atoms with Crippen LogP contribution in [0.25, 0.3) is 0 Å². The summed E-state index contributed by atoms with van der Waals surface area (Å²) in [4.78, 5) is 26.3. The maximum Gasteiger partial charge on any atom is 0.325 e. The molecule has 5 heteroatoms. The third-order valence-corrected chi connectivity index (χ3v) is 2.27. The van der Waals surface area contributed by atoms with Crippen LogP contribution in [-0.4, -0.2) is 54.6 Å². The lowest BCUT2D eigenvalue weighted by Gasteiger charge is -2.29. The van der Waals surface area contributed by atoms with Gasteiger partial charge in [-0.25, -0.2) is 4.79 Å². The minimum atomic E-state index is -0.367. The quantitative estimate of drug-likeness (QED) is 0.669. The number of rotatable bonds is 5. The predicted octanol–water partition coefficient (Wildman–Crippen LogP) is 1.33. The summed E-state index contributed by atoms with van der Waals surface area (Å²) in [6, 6.07) is -0.170. The van der Waals surface area contributed by atoms with Crippen molar-refractivity contribution in [2.24, 2.45) is 0 Å². The first kappa shape index (κ1) is 14.7. The first-order valence-corrected chi connectivity index (χ1v) is 5.61. The molecule has 2 amide bonds. The lowest BCUT2D eigenvalue weighted by molar-refractivity contribution is -0.144. The summed E-state index contributed by atoms with van der Waals surface area (Å²) in [7, 11) is 1.71. The van der Waals surface area contributed by atoms with Crippen molar-refractivity contribution >= 4 is 12.0 Å². The van der Waals surface area contributed by atoms with E-state index in [-0.39, 0.29) is 24.6 Å². The molecule has 0 spiro atoms. The summed E-state index contributed by atoms with van der Waals surface area (Å²) in [5.74, 6) is -0.367. The molecular formula is C11H22N2O3. The van der Waals surface area contributed by atoms with E-state index in [1.165, 1.54) is 4.90 Å². The monoisotopic (exact) mass is 230 g/mol. The summed E-state index contributed by atoms with van der Waals surface area (Å²) in [5.41, 5.74) is 0. The molecule has 0 rings (SSSR count). The summed E-state index contributed by atoms with van der Waals surface area (Å²) in [6.07, 6.45) is 0. The van der Waals surface area contributed by atoms with E-state index in [4.69, 9.17) is 4.74 Å². The molecule has 0 aliphatic heterocycles. The van der Waals surface area contributed by atoms with Gasteiger partial charge in [0.1, 0.15) is 6.54 Å². The van der Waals surface area contributed by atoms with Gasteiger partial charge in [-0.15, -0.1) is 0 Å². The fourth-order valence-electron chi connectivity index (χ4n) is 1.17. The Hall–Kier alpha value is -1.26. The lowest BCUT2D eigenvalue weighted by Crippen LogP contribution is -2.47. The zero-order valence-corrected chi connectivity index (χ0v) is 10.8. The summed E-state index contributed by atoms with van der Waals surface area (Å²) in [6.45, 7) is 8.35. The first-order chi connectivity index (χ1) is 7.43. The Morgan fingerprint density at radius 2 is 1.81 bits per heavy atom. The lowest BCUT2D eigenvalue weighted by atomic mass is 10.3. The van der Waals surface area contributed by atoms with Gasteiger partial charge in [-0.2, -0.15) is 0 Å². The number of esters is 1. The average molecular weight is 230 g/mol. The van der Waals surface area contributed by atoms with Crippen LogP contribution in [0.1, 0.15) is 27.7 Å². The van der Waals surface area contributed by atoms with Crippen LogP contribution in [0.2, 0.25) is 0 Å².